The van der Waals surface area contributed by atoms with Gasteiger partial charge < -0.3 is 10.1 Å². The number of benzene rings is 1. The number of methoxy groups -OCH3 is 1. The van der Waals surface area contributed by atoms with Gasteiger partial charge in [-0.1, -0.05) is 24.6 Å². The predicted molar refractivity (Wildman–Crippen MR) is 80.5 cm³/mol. The van der Waals surface area contributed by atoms with Gasteiger partial charge >= 0.3 is 0 Å². The van der Waals surface area contributed by atoms with Crippen molar-refractivity contribution in [1.82, 2.24) is 5.32 Å². The molecular formula is C17H24FNO. The topological polar surface area (TPSA) is 21.3 Å². The summed E-state index contributed by atoms with van der Waals surface area (Å²) in [6.07, 6.45) is 8.13. The maximum absolute atomic E-state index is 13.9. The van der Waals surface area contributed by atoms with E-state index in [4.69, 9.17) is 4.74 Å². The Kier molecular flexibility index (Phi) is 5.60. The summed E-state index contributed by atoms with van der Waals surface area (Å²) in [7, 11) is 1.49. The van der Waals surface area contributed by atoms with Crippen molar-refractivity contribution in [2.24, 2.45) is 0 Å². The van der Waals surface area contributed by atoms with Crippen LogP contribution in [0, 0.1) is 5.82 Å². The largest absolute Gasteiger partial charge is 0.494 e. The van der Waals surface area contributed by atoms with Gasteiger partial charge in [-0.3, -0.25) is 0 Å². The van der Waals surface area contributed by atoms with Crippen LogP contribution < -0.4 is 10.1 Å². The zero-order chi connectivity index (χ0) is 14.4. The summed E-state index contributed by atoms with van der Waals surface area (Å²) in [6.45, 7) is 3.09. The molecule has 0 saturated carbocycles. The van der Waals surface area contributed by atoms with Crippen molar-refractivity contribution in [2.45, 2.75) is 45.1 Å². The average molecular weight is 277 g/mol. The molecule has 0 aliphatic heterocycles. The average Bonchev–Trinajstić information content (AvgIpc) is 2.49. The van der Waals surface area contributed by atoms with Crippen LogP contribution in [-0.4, -0.2) is 13.7 Å². The Bertz CT molecular complexity index is 470. The van der Waals surface area contributed by atoms with Crippen LogP contribution in [0.1, 0.15) is 50.6 Å². The number of hydrogen-bond acceptors (Lipinski definition) is 2. The maximum Gasteiger partial charge on any atom is 0.165 e. The third kappa shape index (κ3) is 3.60. The van der Waals surface area contributed by atoms with Gasteiger partial charge in [0.25, 0.3) is 0 Å². The Labute approximate surface area is 121 Å². The van der Waals surface area contributed by atoms with Crippen LogP contribution in [0.5, 0.6) is 5.75 Å². The highest BCUT2D eigenvalue weighted by molar-refractivity contribution is 5.35. The van der Waals surface area contributed by atoms with Crippen molar-refractivity contribution in [3.8, 4) is 5.75 Å². The SMILES string of the molecule is CCCNC(C1=CCCCC1)c1ccc(OC)c(F)c1. The second-order valence-electron chi connectivity index (χ2n) is 5.31. The number of halogens is 1. The summed E-state index contributed by atoms with van der Waals surface area (Å²) in [6, 6.07) is 5.41. The summed E-state index contributed by atoms with van der Waals surface area (Å²) >= 11 is 0. The standard InChI is InChI=1S/C17H24FNO/c1-3-11-19-17(13-7-5-4-6-8-13)14-9-10-16(20-2)15(18)12-14/h7,9-10,12,17,19H,3-6,8,11H2,1-2H3. The minimum absolute atomic E-state index is 0.135. The van der Waals surface area contributed by atoms with Crippen LogP contribution in [0.25, 0.3) is 0 Å². The van der Waals surface area contributed by atoms with Crippen molar-refractivity contribution >= 4 is 0 Å². The zero-order valence-electron chi connectivity index (χ0n) is 12.4. The molecule has 0 bridgehead atoms. The molecule has 1 aliphatic rings. The molecule has 0 radical (unpaired) electrons. The van der Waals surface area contributed by atoms with E-state index in [1.54, 1.807) is 12.1 Å². The number of rotatable bonds is 6. The smallest absolute Gasteiger partial charge is 0.165 e. The van der Waals surface area contributed by atoms with Crippen molar-refractivity contribution in [2.75, 3.05) is 13.7 Å². The molecule has 2 nitrogen and oxygen atoms in total. The van der Waals surface area contributed by atoms with E-state index >= 15 is 0 Å². The second kappa shape index (κ2) is 7.44. The molecule has 0 heterocycles. The van der Waals surface area contributed by atoms with Gasteiger partial charge in [0.2, 0.25) is 0 Å². The van der Waals surface area contributed by atoms with Crippen LogP contribution in [0.3, 0.4) is 0 Å². The molecule has 0 amide bonds. The first-order valence-corrected chi connectivity index (χ1v) is 7.52. The third-order valence-electron chi connectivity index (χ3n) is 3.80. The lowest BCUT2D eigenvalue weighted by atomic mass is 9.89. The van der Waals surface area contributed by atoms with Crippen LogP contribution in [0.2, 0.25) is 0 Å². The highest BCUT2D eigenvalue weighted by Crippen LogP contribution is 2.31. The van der Waals surface area contributed by atoms with Gasteiger partial charge in [0.15, 0.2) is 11.6 Å². The van der Waals surface area contributed by atoms with E-state index in [0.717, 1.165) is 31.4 Å². The van der Waals surface area contributed by atoms with Gasteiger partial charge in [-0.05, 0) is 56.3 Å². The molecule has 3 heteroatoms. The number of nitrogens with one attached hydrogen (secondary N) is 1. The maximum atomic E-state index is 13.9. The summed E-state index contributed by atoms with van der Waals surface area (Å²) in [4.78, 5) is 0. The molecule has 1 N–H and O–H groups in total. The van der Waals surface area contributed by atoms with E-state index in [-0.39, 0.29) is 11.9 Å². The molecule has 0 aromatic heterocycles. The monoisotopic (exact) mass is 277 g/mol. The molecule has 0 saturated heterocycles. The molecule has 1 aromatic rings. The van der Waals surface area contributed by atoms with E-state index in [2.05, 4.69) is 18.3 Å². The molecule has 0 spiro atoms. The van der Waals surface area contributed by atoms with Crippen LogP contribution in [0.15, 0.2) is 29.8 Å². The summed E-state index contributed by atoms with van der Waals surface area (Å²) in [5.74, 6) is 0.0188. The van der Waals surface area contributed by atoms with Gasteiger partial charge in [0.05, 0.1) is 13.2 Å². The molecule has 1 aliphatic carbocycles. The quantitative estimate of drug-likeness (QED) is 0.779. The van der Waals surface area contributed by atoms with E-state index in [1.807, 2.05) is 6.07 Å². The lowest BCUT2D eigenvalue weighted by Gasteiger charge is -2.25. The Morgan fingerprint density at radius 2 is 2.20 bits per heavy atom. The minimum atomic E-state index is -0.287. The van der Waals surface area contributed by atoms with E-state index < -0.39 is 0 Å². The summed E-state index contributed by atoms with van der Waals surface area (Å²) in [5, 5.41) is 3.54. The predicted octanol–water partition coefficient (Wildman–Crippen LogP) is 4.38. The van der Waals surface area contributed by atoms with Crippen molar-refractivity contribution in [1.29, 1.82) is 0 Å². The van der Waals surface area contributed by atoms with Crippen LogP contribution in [0.4, 0.5) is 4.39 Å². The molecule has 0 fully saturated rings. The Balaban J connectivity index is 2.25. The number of allylic oxidation sites excluding steroid dienone is 1. The third-order valence-corrected chi connectivity index (χ3v) is 3.80. The molecule has 20 heavy (non-hydrogen) atoms. The van der Waals surface area contributed by atoms with Crippen molar-refractivity contribution in [3.05, 3.63) is 41.2 Å². The van der Waals surface area contributed by atoms with Crippen molar-refractivity contribution in [3.63, 3.8) is 0 Å². The van der Waals surface area contributed by atoms with Crippen LogP contribution >= 0.6 is 0 Å². The van der Waals surface area contributed by atoms with E-state index in [1.165, 1.54) is 25.5 Å². The van der Waals surface area contributed by atoms with Gasteiger partial charge in [-0.2, -0.15) is 0 Å². The molecule has 1 atom stereocenters. The van der Waals surface area contributed by atoms with Gasteiger partial charge in [-0.25, -0.2) is 4.39 Å². The highest BCUT2D eigenvalue weighted by atomic mass is 19.1. The molecule has 110 valence electrons. The van der Waals surface area contributed by atoms with Gasteiger partial charge in [0.1, 0.15) is 0 Å². The van der Waals surface area contributed by atoms with Gasteiger partial charge in [0, 0.05) is 0 Å². The molecule has 1 aromatic carbocycles. The fourth-order valence-electron chi connectivity index (χ4n) is 2.74. The first-order chi connectivity index (χ1) is 9.76. The van der Waals surface area contributed by atoms with Crippen LogP contribution in [-0.2, 0) is 0 Å². The normalized spacial score (nSPS) is 16.6. The first-order valence-electron chi connectivity index (χ1n) is 7.52. The Morgan fingerprint density at radius 3 is 2.80 bits per heavy atom. The van der Waals surface area contributed by atoms with Gasteiger partial charge in [-0.15, -0.1) is 0 Å². The molecule has 2 rings (SSSR count). The second-order valence-corrected chi connectivity index (χ2v) is 5.31. The van der Waals surface area contributed by atoms with E-state index in [0.29, 0.717) is 5.75 Å². The Hall–Kier alpha value is -1.35. The molecule has 1 unspecified atom stereocenters. The Morgan fingerprint density at radius 1 is 1.35 bits per heavy atom. The lowest BCUT2D eigenvalue weighted by Crippen LogP contribution is -2.25. The highest BCUT2D eigenvalue weighted by Gasteiger charge is 2.19. The minimum Gasteiger partial charge on any atom is -0.494 e. The number of ether oxygens (including phenoxy) is 1. The zero-order valence-corrected chi connectivity index (χ0v) is 12.4. The number of hydrogen-bond donors (Lipinski definition) is 1. The van der Waals surface area contributed by atoms with Crippen molar-refractivity contribution < 1.29 is 9.13 Å². The lowest BCUT2D eigenvalue weighted by molar-refractivity contribution is 0.385. The van der Waals surface area contributed by atoms with E-state index in [9.17, 15) is 4.39 Å². The summed E-state index contributed by atoms with van der Waals surface area (Å²) in [5.41, 5.74) is 2.39. The molecular weight excluding hydrogens is 253 g/mol. The summed E-state index contributed by atoms with van der Waals surface area (Å²) < 4.78 is 18.9. The fraction of sp³-hybridized carbons (Fsp3) is 0.529. The first kappa shape index (κ1) is 15.0. The fourth-order valence-corrected chi connectivity index (χ4v) is 2.74.